The van der Waals surface area contributed by atoms with Crippen molar-refractivity contribution >= 4 is 16.6 Å². The van der Waals surface area contributed by atoms with Gasteiger partial charge in [0, 0.05) is 24.7 Å². The molecule has 0 aliphatic carbocycles. The second kappa shape index (κ2) is 6.63. The van der Waals surface area contributed by atoms with Gasteiger partial charge in [-0.1, -0.05) is 13.3 Å². The normalized spacial score (nSPS) is 12.8. The standard InChI is InChI=1S/C16H20N2O3/c1-2-3-7-19-8-6-18-16-13-10-15-14(20-11-21-15)9-12(13)4-5-17-16/h4-5,9-10H,2-3,6-8,11H2,1H3,(H,17,18). The summed E-state index contributed by atoms with van der Waals surface area (Å²) in [6, 6.07) is 5.94. The van der Waals surface area contributed by atoms with Gasteiger partial charge in [0.2, 0.25) is 6.79 Å². The minimum absolute atomic E-state index is 0.285. The summed E-state index contributed by atoms with van der Waals surface area (Å²) in [5.41, 5.74) is 0. The molecule has 2 aromatic rings. The highest BCUT2D eigenvalue weighted by molar-refractivity contribution is 5.94. The van der Waals surface area contributed by atoms with Crippen LogP contribution in [-0.2, 0) is 4.74 Å². The molecule has 112 valence electrons. The molecule has 2 heterocycles. The third-order valence-electron chi connectivity index (χ3n) is 3.44. The van der Waals surface area contributed by atoms with E-state index in [0.717, 1.165) is 54.1 Å². The number of rotatable bonds is 7. The number of unbranched alkanes of at least 4 members (excludes halogenated alkanes) is 1. The lowest BCUT2D eigenvalue weighted by Gasteiger charge is -2.10. The third-order valence-corrected chi connectivity index (χ3v) is 3.44. The second-order valence-electron chi connectivity index (χ2n) is 4.98. The van der Waals surface area contributed by atoms with Crippen molar-refractivity contribution in [1.82, 2.24) is 4.98 Å². The lowest BCUT2D eigenvalue weighted by Crippen LogP contribution is -2.11. The van der Waals surface area contributed by atoms with E-state index in [9.17, 15) is 0 Å². The zero-order valence-corrected chi connectivity index (χ0v) is 12.2. The van der Waals surface area contributed by atoms with Gasteiger partial charge in [0.15, 0.2) is 11.5 Å². The molecule has 0 spiro atoms. The van der Waals surface area contributed by atoms with Gasteiger partial charge in [-0.25, -0.2) is 4.98 Å². The fraction of sp³-hybridized carbons (Fsp3) is 0.438. The molecule has 0 amide bonds. The molecule has 0 unspecified atom stereocenters. The number of pyridine rings is 1. The zero-order chi connectivity index (χ0) is 14.5. The predicted octanol–water partition coefficient (Wildman–Crippen LogP) is 3.19. The smallest absolute Gasteiger partial charge is 0.231 e. The summed E-state index contributed by atoms with van der Waals surface area (Å²) in [4.78, 5) is 4.40. The van der Waals surface area contributed by atoms with Crippen molar-refractivity contribution < 1.29 is 14.2 Å². The molecule has 5 nitrogen and oxygen atoms in total. The summed E-state index contributed by atoms with van der Waals surface area (Å²) < 4.78 is 16.4. The Bertz CT molecular complexity index is 616. The molecule has 0 atom stereocenters. The Morgan fingerprint density at radius 1 is 1.24 bits per heavy atom. The summed E-state index contributed by atoms with van der Waals surface area (Å²) in [7, 11) is 0. The number of hydrogen-bond donors (Lipinski definition) is 1. The maximum Gasteiger partial charge on any atom is 0.231 e. The Labute approximate surface area is 124 Å². The van der Waals surface area contributed by atoms with Crippen LogP contribution in [0.4, 0.5) is 5.82 Å². The van der Waals surface area contributed by atoms with Crippen LogP contribution in [0.3, 0.4) is 0 Å². The van der Waals surface area contributed by atoms with Crippen molar-refractivity contribution in [3.8, 4) is 11.5 Å². The van der Waals surface area contributed by atoms with Gasteiger partial charge < -0.3 is 19.5 Å². The first-order valence-electron chi connectivity index (χ1n) is 7.38. The number of hydrogen-bond acceptors (Lipinski definition) is 5. The van der Waals surface area contributed by atoms with Crippen molar-refractivity contribution in [2.45, 2.75) is 19.8 Å². The molecular formula is C16H20N2O3. The second-order valence-corrected chi connectivity index (χ2v) is 4.98. The molecule has 0 saturated heterocycles. The van der Waals surface area contributed by atoms with E-state index in [4.69, 9.17) is 14.2 Å². The topological polar surface area (TPSA) is 52.6 Å². The van der Waals surface area contributed by atoms with Gasteiger partial charge >= 0.3 is 0 Å². The summed E-state index contributed by atoms with van der Waals surface area (Å²) in [6.45, 7) is 4.69. The quantitative estimate of drug-likeness (QED) is 0.793. The number of aromatic nitrogens is 1. The highest BCUT2D eigenvalue weighted by atomic mass is 16.7. The molecule has 0 fully saturated rings. The molecule has 21 heavy (non-hydrogen) atoms. The van der Waals surface area contributed by atoms with Crippen LogP contribution in [0.1, 0.15) is 19.8 Å². The Kier molecular flexibility index (Phi) is 4.40. The van der Waals surface area contributed by atoms with Crippen LogP contribution in [0.2, 0.25) is 0 Å². The zero-order valence-electron chi connectivity index (χ0n) is 12.2. The van der Waals surface area contributed by atoms with Crippen molar-refractivity contribution in [3.63, 3.8) is 0 Å². The minimum Gasteiger partial charge on any atom is -0.454 e. The van der Waals surface area contributed by atoms with E-state index in [0.29, 0.717) is 6.61 Å². The molecular weight excluding hydrogens is 268 g/mol. The van der Waals surface area contributed by atoms with Gasteiger partial charge in [0.1, 0.15) is 5.82 Å². The van der Waals surface area contributed by atoms with Crippen LogP contribution in [-0.4, -0.2) is 31.5 Å². The summed E-state index contributed by atoms with van der Waals surface area (Å²) >= 11 is 0. The number of benzene rings is 1. The number of nitrogens with one attached hydrogen (secondary N) is 1. The molecule has 0 radical (unpaired) electrons. The first-order chi connectivity index (χ1) is 10.4. The van der Waals surface area contributed by atoms with Crippen molar-refractivity contribution in [2.75, 3.05) is 31.9 Å². The van der Waals surface area contributed by atoms with E-state index in [1.165, 1.54) is 0 Å². The van der Waals surface area contributed by atoms with Gasteiger partial charge in [0.05, 0.1) is 6.61 Å². The Balaban J connectivity index is 1.67. The van der Waals surface area contributed by atoms with Crippen molar-refractivity contribution in [3.05, 3.63) is 24.4 Å². The number of nitrogens with zero attached hydrogens (tertiary/aromatic N) is 1. The predicted molar refractivity (Wildman–Crippen MR) is 82.1 cm³/mol. The fourth-order valence-corrected chi connectivity index (χ4v) is 2.29. The molecule has 0 saturated carbocycles. The Morgan fingerprint density at radius 3 is 2.95 bits per heavy atom. The number of ether oxygens (including phenoxy) is 3. The van der Waals surface area contributed by atoms with Crippen LogP contribution in [0.5, 0.6) is 11.5 Å². The summed E-state index contributed by atoms with van der Waals surface area (Å²) in [5.74, 6) is 2.42. The maximum atomic E-state index is 5.55. The van der Waals surface area contributed by atoms with Crippen LogP contribution >= 0.6 is 0 Å². The van der Waals surface area contributed by atoms with E-state index in [-0.39, 0.29) is 6.79 Å². The first kappa shape index (κ1) is 13.9. The lowest BCUT2D eigenvalue weighted by molar-refractivity contribution is 0.141. The maximum absolute atomic E-state index is 5.55. The Morgan fingerprint density at radius 2 is 2.10 bits per heavy atom. The van der Waals surface area contributed by atoms with Crippen LogP contribution in [0, 0.1) is 0 Å². The molecule has 1 aromatic carbocycles. The monoisotopic (exact) mass is 288 g/mol. The van der Waals surface area contributed by atoms with Gasteiger partial charge in [-0.05, 0) is 30.0 Å². The van der Waals surface area contributed by atoms with Crippen LogP contribution in [0.25, 0.3) is 10.8 Å². The minimum atomic E-state index is 0.285. The van der Waals surface area contributed by atoms with Crippen LogP contribution < -0.4 is 14.8 Å². The lowest BCUT2D eigenvalue weighted by atomic mass is 10.1. The largest absolute Gasteiger partial charge is 0.454 e. The van der Waals surface area contributed by atoms with E-state index < -0.39 is 0 Å². The third kappa shape index (κ3) is 3.19. The Hall–Kier alpha value is -2.01. The van der Waals surface area contributed by atoms with E-state index in [1.807, 2.05) is 18.2 Å². The first-order valence-corrected chi connectivity index (χ1v) is 7.38. The van der Waals surface area contributed by atoms with Gasteiger partial charge in [-0.3, -0.25) is 0 Å². The fourth-order valence-electron chi connectivity index (χ4n) is 2.29. The summed E-state index contributed by atoms with van der Waals surface area (Å²) in [6.07, 6.45) is 4.06. The molecule has 0 bridgehead atoms. The SMILES string of the molecule is CCCCOCCNc1nccc2cc3c(cc12)OCO3. The molecule has 5 heteroatoms. The average Bonchev–Trinajstić information content (AvgIpc) is 2.96. The van der Waals surface area contributed by atoms with Crippen molar-refractivity contribution in [2.24, 2.45) is 0 Å². The summed E-state index contributed by atoms with van der Waals surface area (Å²) in [5, 5.41) is 5.45. The van der Waals surface area contributed by atoms with Gasteiger partial charge in [0.25, 0.3) is 0 Å². The number of anilines is 1. The highest BCUT2D eigenvalue weighted by Crippen LogP contribution is 2.37. The average molecular weight is 288 g/mol. The van der Waals surface area contributed by atoms with E-state index in [2.05, 4.69) is 17.2 Å². The van der Waals surface area contributed by atoms with Crippen LogP contribution in [0.15, 0.2) is 24.4 Å². The molecule has 3 rings (SSSR count). The molecule has 1 N–H and O–H groups in total. The van der Waals surface area contributed by atoms with Crippen molar-refractivity contribution in [1.29, 1.82) is 0 Å². The van der Waals surface area contributed by atoms with Gasteiger partial charge in [-0.15, -0.1) is 0 Å². The molecule has 1 aromatic heterocycles. The molecule has 1 aliphatic rings. The van der Waals surface area contributed by atoms with Gasteiger partial charge in [-0.2, -0.15) is 0 Å². The van der Waals surface area contributed by atoms with E-state index >= 15 is 0 Å². The number of fused-ring (bicyclic) bond motifs is 2. The highest BCUT2D eigenvalue weighted by Gasteiger charge is 2.15. The van der Waals surface area contributed by atoms with E-state index in [1.54, 1.807) is 6.20 Å². The molecule has 1 aliphatic heterocycles.